The van der Waals surface area contributed by atoms with Gasteiger partial charge in [-0.2, -0.15) is 0 Å². The van der Waals surface area contributed by atoms with E-state index in [9.17, 15) is 4.79 Å². The molecule has 0 aromatic heterocycles. The summed E-state index contributed by atoms with van der Waals surface area (Å²) in [5.74, 6) is 2.43. The van der Waals surface area contributed by atoms with E-state index in [0.29, 0.717) is 29.5 Å². The molecule has 1 fully saturated rings. The van der Waals surface area contributed by atoms with E-state index < -0.39 is 0 Å². The second-order valence-electron chi connectivity index (χ2n) is 5.20. The molecule has 3 unspecified atom stereocenters. The maximum atomic E-state index is 12.0. The summed E-state index contributed by atoms with van der Waals surface area (Å²) in [5, 5.41) is 0. The molecule has 3 atom stereocenters. The summed E-state index contributed by atoms with van der Waals surface area (Å²) >= 11 is 0. The van der Waals surface area contributed by atoms with E-state index in [1.54, 1.807) is 0 Å². The predicted molar refractivity (Wildman–Crippen MR) is 62.4 cm³/mol. The Labute approximate surface area is 92.3 Å². The number of carbonyl (C=O) groups is 1. The van der Waals surface area contributed by atoms with Crippen LogP contribution in [0.2, 0.25) is 0 Å². The van der Waals surface area contributed by atoms with Crippen molar-refractivity contribution in [3.8, 4) is 0 Å². The van der Waals surface area contributed by atoms with Crippen LogP contribution >= 0.6 is 0 Å². The molecule has 0 aliphatic heterocycles. The number of ketones is 1. The van der Waals surface area contributed by atoms with Crippen LogP contribution in [0.25, 0.3) is 0 Å². The van der Waals surface area contributed by atoms with E-state index in [1.165, 1.54) is 0 Å². The van der Waals surface area contributed by atoms with E-state index in [4.69, 9.17) is 0 Å². The van der Waals surface area contributed by atoms with Gasteiger partial charge in [0.2, 0.25) is 0 Å². The highest BCUT2D eigenvalue weighted by Crippen LogP contribution is 2.35. The molecular formula is C14H20O. The maximum Gasteiger partial charge on any atom is 0.165 e. The van der Waals surface area contributed by atoms with Gasteiger partial charge in [-0.3, -0.25) is 4.79 Å². The minimum atomic E-state index is 0.344. The molecule has 0 radical (unpaired) electrons. The Morgan fingerprint density at radius 3 is 2.47 bits per heavy atom. The van der Waals surface area contributed by atoms with Gasteiger partial charge in [-0.05, 0) is 30.6 Å². The monoisotopic (exact) mass is 204 g/mol. The minimum Gasteiger partial charge on any atom is -0.294 e. The molecule has 0 bridgehead atoms. The Balaban J connectivity index is 2.19. The van der Waals surface area contributed by atoms with Crippen LogP contribution in [-0.4, -0.2) is 5.78 Å². The normalized spacial score (nSPS) is 35.9. The number of rotatable bonds is 2. The van der Waals surface area contributed by atoms with Crippen LogP contribution in [0.5, 0.6) is 0 Å². The zero-order chi connectivity index (χ0) is 11.0. The first kappa shape index (κ1) is 10.7. The van der Waals surface area contributed by atoms with E-state index in [2.05, 4.69) is 32.9 Å². The van der Waals surface area contributed by atoms with Gasteiger partial charge in [-0.1, -0.05) is 39.0 Å². The van der Waals surface area contributed by atoms with Gasteiger partial charge < -0.3 is 0 Å². The van der Waals surface area contributed by atoms with Crippen LogP contribution in [0.4, 0.5) is 0 Å². The van der Waals surface area contributed by atoms with Gasteiger partial charge in [-0.25, -0.2) is 0 Å². The Kier molecular flexibility index (Phi) is 2.81. The van der Waals surface area contributed by atoms with E-state index in [-0.39, 0.29) is 0 Å². The van der Waals surface area contributed by atoms with E-state index in [0.717, 1.165) is 18.4 Å². The van der Waals surface area contributed by atoms with Crippen molar-refractivity contribution >= 4 is 5.78 Å². The van der Waals surface area contributed by atoms with E-state index in [1.807, 2.05) is 6.08 Å². The van der Waals surface area contributed by atoms with Crippen LogP contribution in [0, 0.1) is 23.7 Å². The zero-order valence-corrected chi connectivity index (χ0v) is 9.86. The molecule has 0 N–H and O–H groups in total. The number of Topliss-reactive ketones (excluding diaryl/α,β-unsaturated/α-hetero) is 1. The zero-order valence-electron chi connectivity index (χ0n) is 9.86. The summed E-state index contributed by atoms with van der Waals surface area (Å²) in [4.78, 5) is 12.0. The predicted octanol–water partition coefficient (Wildman–Crippen LogP) is 3.37. The van der Waals surface area contributed by atoms with Crippen molar-refractivity contribution in [2.45, 2.75) is 33.6 Å². The molecule has 15 heavy (non-hydrogen) atoms. The molecular weight excluding hydrogens is 184 g/mol. The van der Waals surface area contributed by atoms with Crippen LogP contribution in [0.3, 0.4) is 0 Å². The molecule has 0 aromatic rings. The molecule has 82 valence electrons. The van der Waals surface area contributed by atoms with Gasteiger partial charge in [0.1, 0.15) is 0 Å². The highest BCUT2D eigenvalue weighted by Gasteiger charge is 2.32. The molecule has 0 saturated heterocycles. The third-order valence-corrected chi connectivity index (χ3v) is 3.91. The third kappa shape index (κ3) is 2.22. The summed E-state index contributed by atoms with van der Waals surface area (Å²) in [5.41, 5.74) is 0.959. The summed E-state index contributed by atoms with van der Waals surface area (Å²) in [6.07, 6.45) is 8.62. The Morgan fingerprint density at radius 2 is 1.87 bits per heavy atom. The van der Waals surface area contributed by atoms with Crippen molar-refractivity contribution in [3.05, 3.63) is 23.8 Å². The lowest BCUT2D eigenvalue weighted by Gasteiger charge is -2.19. The van der Waals surface area contributed by atoms with Gasteiger partial charge in [0.05, 0.1) is 0 Å². The molecule has 1 nitrogen and oxygen atoms in total. The smallest absolute Gasteiger partial charge is 0.165 e. The fourth-order valence-corrected chi connectivity index (χ4v) is 2.15. The van der Waals surface area contributed by atoms with Crippen molar-refractivity contribution in [2.24, 2.45) is 23.7 Å². The quantitative estimate of drug-likeness (QED) is 0.674. The molecule has 2 aliphatic carbocycles. The molecule has 0 heterocycles. The van der Waals surface area contributed by atoms with Crippen LogP contribution < -0.4 is 0 Å². The van der Waals surface area contributed by atoms with Gasteiger partial charge in [0.15, 0.2) is 5.78 Å². The molecule has 1 saturated carbocycles. The SMILES string of the molecule is CC1C=CC(C(=O)C2CC2)=CC(C)C1C. The molecule has 2 rings (SSSR count). The highest BCUT2D eigenvalue weighted by molar-refractivity contribution is 6.01. The first-order valence-electron chi connectivity index (χ1n) is 6.04. The second-order valence-corrected chi connectivity index (χ2v) is 5.20. The Bertz CT molecular complexity index is 320. The average molecular weight is 204 g/mol. The average Bonchev–Trinajstić information content (AvgIpc) is 3.03. The molecule has 0 spiro atoms. The number of hydrogen-bond acceptors (Lipinski definition) is 1. The summed E-state index contributed by atoms with van der Waals surface area (Å²) < 4.78 is 0. The fourth-order valence-electron chi connectivity index (χ4n) is 2.15. The van der Waals surface area contributed by atoms with Gasteiger partial charge >= 0.3 is 0 Å². The highest BCUT2D eigenvalue weighted by atomic mass is 16.1. The standard InChI is InChI=1S/C14H20O/c1-9-4-5-13(8-10(2)11(9)3)14(15)12-6-7-12/h4-5,8-12H,6-7H2,1-3H3. The molecule has 2 aliphatic rings. The first-order chi connectivity index (χ1) is 7.09. The number of carbonyl (C=O) groups excluding carboxylic acids is 1. The van der Waals surface area contributed by atoms with Crippen molar-refractivity contribution in [1.29, 1.82) is 0 Å². The largest absolute Gasteiger partial charge is 0.294 e. The lowest BCUT2D eigenvalue weighted by Crippen LogP contribution is -2.12. The van der Waals surface area contributed by atoms with Crippen molar-refractivity contribution in [1.82, 2.24) is 0 Å². The second kappa shape index (κ2) is 3.96. The number of hydrogen-bond donors (Lipinski definition) is 0. The van der Waals surface area contributed by atoms with Gasteiger partial charge in [-0.15, -0.1) is 0 Å². The van der Waals surface area contributed by atoms with E-state index >= 15 is 0 Å². The molecule has 0 aromatic carbocycles. The topological polar surface area (TPSA) is 17.1 Å². The summed E-state index contributed by atoms with van der Waals surface area (Å²) in [6.45, 7) is 6.71. The Morgan fingerprint density at radius 1 is 1.20 bits per heavy atom. The van der Waals surface area contributed by atoms with Crippen LogP contribution in [0.15, 0.2) is 23.8 Å². The minimum absolute atomic E-state index is 0.344. The van der Waals surface area contributed by atoms with Crippen LogP contribution in [-0.2, 0) is 4.79 Å². The van der Waals surface area contributed by atoms with Crippen molar-refractivity contribution in [2.75, 3.05) is 0 Å². The third-order valence-electron chi connectivity index (χ3n) is 3.91. The van der Waals surface area contributed by atoms with Gasteiger partial charge in [0, 0.05) is 11.5 Å². The Hall–Kier alpha value is -0.850. The van der Waals surface area contributed by atoms with Crippen molar-refractivity contribution < 1.29 is 4.79 Å². The lowest BCUT2D eigenvalue weighted by atomic mass is 9.86. The molecule has 0 amide bonds. The lowest BCUT2D eigenvalue weighted by molar-refractivity contribution is -0.116. The fraction of sp³-hybridized carbons (Fsp3) is 0.643. The first-order valence-corrected chi connectivity index (χ1v) is 6.04. The number of allylic oxidation sites excluding steroid dienone is 4. The summed E-state index contributed by atoms with van der Waals surface area (Å²) in [7, 11) is 0. The van der Waals surface area contributed by atoms with Crippen LogP contribution in [0.1, 0.15) is 33.6 Å². The van der Waals surface area contributed by atoms with Gasteiger partial charge in [0.25, 0.3) is 0 Å². The molecule has 1 heteroatoms. The maximum absolute atomic E-state index is 12.0. The van der Waals surface area contributed by atoms with Crippen molar-refractivity contribution in [3.63, 3.8) is 0 Å². The summed E-state index contributed by atoms with van der Waals surface area (Å²) in [6, 6.07) is 0.